The number of unbranched alkanes of at least 4 members (excludes halogenated alkanes) is 1. The molecule has 3 heterocycles. The van der Waals surface area contributed by atoms with Gasteiger partial charge in [0, 0.05) is 11.8 Å². The number of aliphatic hydroxyl groups excluding tert-OH is 1. The average Bonchev–Trinajstić information content (AvgIpc) is 3.15. The summed E-state index contributed by atoms with van der Waals surface area (Å²) in [6.07, 6.45) is 4.73. The van der Waals surface area contributed by atoms with Gasteiger partial charge in [0.05, 0.1) is 20.5 Å². The number of aromatic nitrogens is 4. The number of aliphatic hydroxyl groups is 1. The molecular weight excluding hydrogens is 354 g/mol. The van der Waals surface area contributed by atoms with Crippen LogP contribution in [0.5, 0.6) is 0 Å². The molecule has 2 aromatic rings. The zero-order valence-corrected chi connectivity index (χ0v) is 16.7. The topological polar surface area (TPSA) is 99.1 Å². The molecule has 2 aromatic heterocycles. The van der Waals surface area contributed by atoms with Gasteiger partial charge in [0.15, 0.2) is 11.5 Å². The lowest BCUT2D eigenvalue weighted by molar-refractivity contribution is -0.00992. The highest BCUT2D eigenvalue weighted by Gasteiger charge is 2.57. The van der Waals surface area contributed by atoms with Gasteiger partial charge in [0.25, 0.3) is 0 Å². The summed E-state index contributed by atoms with van der Waals surface area (Å²) < 4.78 is 8.26. The number of thiocarbonyl (C=S) groups is 1. The second-order valence-corrected chi connectivity index (χ2v) is 12.6. The van der Waals surface area contributed by atoms with Crippen LogP contribution >= 0.6 is 12.2 Å². The van der Waals surface area contributed by atoms with E-state index in [4.69, 9.17) is 22.7 Å². The zero-order chi connectivity index (χ0) is 18.2. The molecule has 3 N–H and O–H groups in total. The maximum Gasteiger partial charge on any atom is 0.167 e. The van der Waals surface area contributed by atoms with Crippen molar-refractivity contribution in [3.8, 4) is 0 Å². The Labute approximate surface area is 153 Å². The van der Waals surface area contributed by atoms with Gasteiger partial charge in [-0.1, -0.05) is 51.1 Å². The number of imidazole rings is 1. The minimum absolute atomic E-state index is 0.334. The van der Waals surface area contributed by atoms with Crippen molar-refractivity contribution in [2.45, 2.75) is 62.9 Å². The molecule has 9 heteroatoms. The minimum Gasteiger partial charge on any atom is -0.390 e. The van der Waals surface area contributed by atoms with E-state index in [0.717, 1.165) is 18.9 Å². The van der Waals surface area contributed by atoms with E-state index in [9.17, 15) is 5.11 Å². The Balaban J connectivity index is 1.96. The van der Waals surface area contributed by atoms with Crippen molar-refractivity contribution in [2.75, 3.05) is 5.73 Å². The summed E-state index contributed by atoms with van der Waals surface area (Å²) in [5.74, 6) is 0.334. The third-order valence-electron chi connectivity index (χ3n) is 5.34. The molecule has 3 atom stereocenters. The van der Waals surface area contributed by atoms with E-state index >= 15 is 0 Å². The summed E-state index contributed by atoms with van der Waals surface area (Å²) in [6.45, 7) is 6.65. The van der Waals surface area contributed by atoms with Crippen molar-refractivity contribution in [1.29, 1.82) is 0 Å². The first-order chi connectivity index (χ1) is 11.9. The lowest BCUT2D eigenvalue weighted by Crippen LogP contribution is -2.61. The summed E-state index contributed by atoms with van der Waals surface area (Å²) >= 11 is 5.35. The highest BCUT2D eigenvalue weighted by Crippen LogP contribution is 2.44. The predicted molar refractivity (Wildman–Crippen MR) is 104 cm³/mol. The number of hydrogen-bond donors (Lipinski definition) is 2. The molecule has 7 nitrogen and oxygen atoms in total. The molecule has 0 aromatic carbocycles. The van der Waals surface area contributed by atoms with Crippen molar-refractivity contribution in [1.82, 2.24) is 19.5 Å². The van der Waals surface area contributed by atoms with E-state index in [1.54, 1.807) is 11.7 Å². The molecule has 3 rings (SSSR count). The van der Waals surface area contributed by atoms with Crippen molar-refractivity contribution >= 4 is 42.6 Å². The molecule has 0 amide bonds. The first-order valence-electron chi connectivity index (χ1n) is 8.61. The fourth-order valence-electron chi connectivity index (χ4n) is 3.66. The van der Waals surface area contributed by atoms with Gasteiger partial charge < -0.3 is 15.6 Å². The van der Waals surface area contributed by atoms with Crippen LogP contribution in [0.3, 0.4) is 0 Å². The van der Waals surface area contributed by atoms with Gasteiger partial charge in [0.1, 0.15) is 23.3 Å². The highest BCUT2D eigenvalue weighted by molar-refractivity contribution is 7.79. The molecule has 25 heavy (non-hydrogen) atoms. The lowest BCUT2D eigenvalue weighted by Gasteiger charge is -2.41. The SMILES string of the molecule is CCCC[Si](C)(C)[C@]1(C=S)O[C@@H](n2cnc3c(N)ncnc32)C[C@@H]1O. The van der Waals surface area contributed by atoms with Crippen LogP contribution in [0.15, 0.2) is 12.7 Å². The number of nitrogens with two attached hydrogens (primary N) is 1. The maximum absolute atomic E-state index is 10.9. The van der Waals surface area contributed by atoms with Crippen LogP contribution in [0.4, 0.5) is 5.82 Å². The molecule has 0 bridgehead atoms. The van der Waals surface area contributed by atoms with Gasteiger partial charge in [-0.05, 0) is 0 Å². The van der Waals surface area contributed by atoms with Crippen LogP contribution in [0.2, 0.25) is 19.1 Å². The fourth-order valence-corrected chi connectivity index (χ4v) is 8.25. The van der Waals surface area contributed by atoms with Gasteiger partial charge in [-0.15, -0.1) is 0 Å². The number of anilines is 1. The Kier molecular flexibility index (Phi) is 4.93. The lowest BCUT2D eigenvalue weighted by atomic mass is 10.2. The van der Waals surface area contributed by atoms with Gasteiger partial charge in [0.2, 0.25) is 0 Å². The quantitative estimate of drug-likeness (QED) is 0.587. The maximum atomic E-state index is 10.9. The minimum atomic E-state index is -1.96. The van der Waals surface area contributed by atoms with Crippen LogP contribution in [-0.4, -0.2) is 49.4 Å². The van der Waals surface area contributed by atoms with Gasteiger partial charge >= 0.3 is 0 Å². The third-order valence-corrected chi connectivity index (χ3v) is 10.2. The smallest absolute Gasteiger partial charge is 0.167 e. The van der Waals surface area contributed by atoms with Crippen LogP contribution in [-0.2, 0) is 4.74 Å². The number of hydrogen-bond acceptors (Lipinski definition) is 7. The van der Waals surface area contributed by atoms with Crippen LogP contribution in [0.1, 0.15) is 32.4 Å². The van der Waals surface area contributed by atoms with E-state index in [1.807, 2.05) is 4.57 Å². The van der Waals surface area contributed by atoms with Gasteiger partial charge in [-0.25, -0.2) is 15.0 Å². The molecule has 0 radical (unpaired) electrons. The number of nitrogens with zero attached hydrogens (tertiary/aromatic N) is 4. The fraction of sp³-hybridized carbons (Fsp3) is 0.625. The van der Waals surface area contributed by atoms with Crippen LogP contribution in [0, 0.1) is 0 Å². The van der Waals surface area contributed by atoms with Crippen molar-refractivity contribution < 1.29 is 9.84 Å². The first-order valence-corrected chi connectivity index (χ1v) is 12.3. The van der Waals surface area contributed by atoms with E-state index in [-0.39, 0.29) is 6.23 Å². The molecule has 1 aliphatic rings. The summed E-state index contributed by atoms with van der Waals surface area (Å²) in [4.78, 5) is 12.5. The highest BCUT2D eigenvalue weighted by atomic mass is 32.1. The van der Waals surface area contributed by atoms with Crippen molar-refractivity contribution in [3.05, 3.63) is 12.7 Å². The zero-order valence-electron chi connectivity index (χ0n) is 14.8. The summed E-state index contributed by atoms with van der Waals surface area (Å²) in [5.41, 5.74) is 7.02. The van der Waals surface area contributed by atoms with E-state index in [1.165, 1.54) is 6.33 Å². The molecule has 0 aliphatic carbocycles. The molecule has 0 saturated carbocycles. The summed E-state index contributed by atoms with van der Waals surface area (Å²) in [7, 11) is -1.96. The standard InChI is InChI=1S/C16H25N5O2SSi/c1-4-5-6-25(2,3)16(8-24)11(22)7-12(23-16)21-10-20-13-14(17)18-9-19-15(13)21/h8-12,22H,4-7H2,1-3H3,(H2,17,18,19)/t11-,12+,16-/m0/s1. The molecular formula is C16H25N5O2SSi. The largest absolute Gasteiger partial charge is 0.390 e. The molecule has 136 valence electrons. The normalized spacial score (nSPS) is 27.0. The van der Waals surface area contributed by atoms with Crippen molar-refractivity contribution in [3.63, 3.8) is 0 Å². The second kappa shape index (κ2) is 6.71. The Hall–Kier alpha value is -1.42. The summed E-state index contributed by atoms with van der Waals surface area (Å²) in [6, 6.07) is 1.06. The number of rotatable bonds is 6. The molecule has 0 unspecified atom stereocenters. The molecule has 1 saturated heterocycles. The Morgan fingerprint density at radius 2 is 2.24 bits per heavy atom. The first kappa shape index (κ1) is 18.4. The number of fused-ring (bicyclic) bond motifs is 1. The van der Waals surface area contributed by atoms with E-state index < -0.39 is 19.4 Å². The predicted octanol–water partition coefficient (Wildman–Crippen LogP) is 2.47. The number of ether oxygens (including phenoxy) is 1. The third kappa shape index (κ3) is 2.88. The Morgan fingerprint density at radius 3 is 2.92 bits per heavy atom. The monoisotopic (exact) mass is 379 g/mol. The molecule has 1 fully saturated rings. The Bertz CT molecular complexity index is 783. The van der Waals surface area contributed by atoms with E-state index in [2.05, 4.69) is 35.0 Å². The van der Waals surface area contributed by atoms with Gasteiger partial charge in [-0.3, -0.25) is 4.57 Å². The Morgan fingerprint density at radius 1 is 1.48 bits per heavy atom. The number of nitrogen functional groups attached to an aromatic ring is 1. The van der Waals surface area contributed by atoms with Gasteiger partial charge in [-0.2, -0.15) is 0 Å². The molecule has 0 spiro atoms. The van der Waals surface area contributed by atoms with Crippen LogP contribution in [0.25, 0.3) is 11.2 Å². The molecule has 1 aliphatic heterocycles. The summed E-state index contributed by atoms with van der Waals surface area (Å²) in [5, 5.41) is 11.8. The van der Waals surface area contributed by atoms with Crippen LogP contribution < -0.4 is 5.73 Å². The average molecular weight is 380 g/mol. The van der Waals surface area contributed by atoms with E-state index in [0.29, 0.717) is 23.4 Å². The van der Waals surface area contributed by atoms with Crippen molar-refractivity contribution in [2.24, 2.45) is 0 Å². The second-order valence-electron chi connectivity index (χ2n) is 7.31.